The quantitative estimate of drug-likeness (QED) is 0.0312. The number of methoxy groups -OCH3 is 2. The van der Waals surface area contributed by atoms with Gasteiger partial charge in [-0.15, -0.1) is 0 Å². The Balaban J connectivity index is 1.25. The second-order valence-corrected chi connectivity index (χ2v) is 25.8. The van der Waals surface area contributed by atoms with Crippen molar-refractivity contribution in [1.82, 2.24) is 4.90 Å². The third kappa shape index (κ3) is 19.5. The van der Waals surface area contributed by atoms with Crippen LogP contribution >= 0.6 is 11.8 Å². The molecule has 2 aromatic rings. The first-order chi connectivity index (χ1) is 42.2. The van der Waals surface area contributed by atoms with Crippen LogP contribution in [-0.4, -0.2) is 138 Å². The number of halogens is 3. The van der Waals surface area contributed by atoms with Gasteiger partial charge in [-0.2, -0.15) is 18.4 Å². The third-order valence-corrected chi connectivity index (χ3v) is 18.8. The number of ether oxygens (including phenoxy) is 5. The molecule has 6 N–H and O–H groups in total. The lowest BCUT2D eigenvalue weighted by atomic mass is 9.78. The number of aliphatic hydroxyl groups excluding tert-OH is 2. The van der Waals surface area contributed by atoms with Crippen molar-refractivity contribution >= 4 is 52.2 Å². The van der Waals surface area contributed by atoms with Crippen molar-refractivity contribution in [3.63, 3.8) is 0 Å². The lowest BCUT2D eigenvalue weighted by Gasteiger charge is -2.43. The van der Waals surface area contributed by atoms with E-state index in [0.29, 0.717) is 80.5 Å². The molecule has 0 aromatic heterocycles. The highest BCUT2D eigenvalue weighted by molar-refractivity contribution is 8.03. The zero-order valence-electron chi connectivity index (χ0n) is 52.7. The molecule has 2 bridgehead atoms. The van der Waals surface area contributed by atoms with Crippen molar-refractivity contribution in [3.05, 3.63) is 112 Å². The van der Waals surface area contributed by atoms with Gasteiger partial charge in [0.1, 0.15) is 36.2 Å². The lowest BCUT2D eigenvalue weighted by molar-refractivity contribution is -0.266. The first-order valence-corrected chi connectivity index (χ1v) is 31.9. The number of carbonyl (C=O) groups is 5. The van der Waals surface area contributed by atoms with E-state index in [9.17, 15) is 57.7 Å². The van der Waals surface area contributed by atoms with Gasteiger partial charge in [0.2, 0.25) is 5.79 Å². The summed E-state index contributed by atoms with van der Waals surface area (Å²) < 4.78 is 71.8. The van der Waals surface area contributed by atoms with Crippen molar-refractivity contribution in [2.75, 3.05) is 39.2 Å². The van der Waals surface area contributed by atoms with Crippen LogP contribution in [0.15, 0.2) is 106 Å². The Bertz CT molecular complexity index is 2960. The number of rotatable bonds is 13. The van der Waals surface area contributed by atoms with E-state index in [1.165, 1.54) is 25.3 Å². The van der Waals surface area contributed by atoms with E-state index in [2.05, 4.69) is 5.32 Å². The van der Waals surface area contributed by atoms with Gasteiger partial charge in [-0.25, -0.2) is 4.79 Å². The number of aliphatic hydroxyl groups is 3. The largest absolute Gasteiger partial charge is 0.460 e. The number of ketones is 3. The number of piperidine rings is 1. The van der Waals surface area contributed by atoms with Crippen LogP contribution in [0.1, 0.15) is 137 Å². The number of carbonyl (C=O) groups excluding carboxylic acids is 5. The number of Topliss-reactive ketones (excluding diaryl/α,β-unsaturated/α-hetero) is 3. The number of hydrogen-bond acceptors (Lipinski definition) is 17. The van der Waals surface area contributed by atoms with Gasteiger partial charge >= 0.3 is 12.1 Å². The highest BCUT2D eigenvalue weighted by Crippen LogP contribution is 2.40. The number of benzene rings is 2. The summed E-state index contributed by atoms with van der Waals surface area (Å²) in [5.74, 6) is -8.81. The van der Waals surface area contributed by atoms with Gasteiger partial charge in [-0.3, -0.25) is 19.2 Å². The average molecular weight is 1260 g/mol. The molecular weight excluding hydrogens is 1170 g/mol. The van der Waals surface area contributed by atoms with Gasteiger partial charge in [-0.1, -0.05) is 101 Å². The number of alkyl halides is 3. The summed E-state index contributed by atoms with van der Waals surface area (Å²) in [6.45, 7) is 12.9. The smallest absolute Gasteiger partial charge is 0.417 e. The Labute approximate surface area is 526 Å². The molecule has 1 amide bonds. The highest BCUT2D eigenvalue weighted by Gasteiger charge is 2.53. The van der Waals surface area contributed by atoms with E-state index in [1.807, 2.05) is 57.2 Å². The van der Waals surface area contributed by atoms with Gasteiger partial charge in [0.05, 0.1) is 47.2 Å². The van der Waals surface area contributed by atoms with E-state index >= 15 is 0 Å². The summed E-state index contributed by atoms with van der Waals surface area (Å²) in [6.07, 6.45) is 4.79. The molecular formula is C68H91F3N4O13S. The molecule has 21 heteroatoms. The van der Waals surface area contributed by atoms with Crippen LogP contribution in [0.5, 0.6) is 0 Å². The van der Waals surface area contributed by atoms with Gasteiger partial charge in [0, 0.05) is 74.1 Å². The number of fused-ring (bicyclic) bond motifs is 3. The number of nitriles is 1. The van der Waals surface area contributed by atoms with Crippen molar-refractivity contribution in [3.8, 4) is 6.07 Å². The van der Waals surface area contributed by atoms with Crippen molar-refractivity contribution in [2.45, 2.75) is 191 Å². The number of esters is 1. The predicted molar refractivity (Wildman–Crippen MR) is 333 cm³/mol. The topological polar surface area (TPSA) is 257 Å². The minimum atomic E-state index is -4.69. The Morgan fingerprint density at radius 1 is 0.910 bits per heavy atom. The Hall–Kier alpha value is -5.96. The molecule has 2 saturated heterocycles. The summed E-state index contributed by atoms with van der Waals surface area (Å²) in [5, 5.41) is 47.5. The van der Waals surface area contributed by atoms with E-state index in [-0.39, 0.29) is 78.1 Å². The summed E-state index contributed by atoms with van der Waals surface area (Å²) in [7, 11) is 2.90. The van der Waals surface area contributed by atoms with Crippen molar-refractivity contribution < 1.29 is 76.1 Å². The molecule has 3 fully saturated rings. The molecule has 1 unspecified atom stereocenters. The normalized spacial score (nSPS) is 33.0. The molecule has 15 atom stereocenters. The molecule has 2 aromatic carbocycles. The molecule has 6 rings (SSSR count). The molecule has 0 spiro atoms. The van der Waals surface area contributed by atoms with Crippen LogP contribution in [0.2, 0.25) is 0 Å². The number of thioether (sulfide) groups is 1. The lowest BCUT2D eigenvalue weighted by Crippen LogP contribution is -2.61. The minimum absolute atomic E-state index is 0.0188. The third-order valence-electron chi connectivity index (χ3n) is 17.9. The summed E-state index contributed by atoms with van der Waals surface area (Å²) >= 11 is 0.956. The van der Waals surface area contributed by atoms with Gasteiger partial charge in [0.15, 0.2) is 5.78 Å². The summed E-state index contributed by atoms with van der Waals surface area (Å²) in [6, 6.07) is 12.3. The van der Waals surface area contributed by atoms with E-state index in [0.717, 1.165) is 28.3 Å². The first kappa shape index (κ1) is 72.1. The second kappa shape index (κ2) is 33.4. The molecule has 89 heavy (non-hydrogen) atoms. The minimum Gasteiger partial charge on any atom is -0.460 e. The van der Waals surface area contributed by atoms with Crippen LogP contribution in [0.3, 0.4) is 0 Å². The van der Waals surface area contributed by atoms with E-state index in [1.54, 1.807) is 65.1 Å². The monoisotopic (exact) mass is 1260 g/mol. The van der Waals surface area contributed by atoms with Crippen molar-refractivity contribution in [2.24, 2.45) is 41.2 Å². The number of amides is 1. The molecule has 3 heterocycles. The molecule has 1 saturated carbocycles. The van der Waals surface area contributed by atoms with Gasteiger partial charge in [0.25, 0.3) is 11.7 Å². The fourth-order valence-electron chi connectivity index (χ4n) is 12.4. The predicted octanol–water partition coefficient (Wildman–Crippen LogP) is 10.6. The van der Waals surface area contributed by atoms with Crippen molar-refractivity contribution in [1.29, 1.82) is 5.26 Å². The van der Waals surface area contributed by atoms with Crippen LogP contribution in [0.4, 0.5) is 18.9 Å². The summed E-state index contributed by atoms with van der Waals surface area (Å²) in [5.41, 5.74) is 6.45. The molecule has 4 aliphatic rings. The number of hydrogen-bond donors (Lipinski definition) is 5. The SMILES string of the molecule is CO[C@@H]1C[C@@H](CC(C)[C@@H]2CC(=O)[C@H](C)/C=C(\C)[C@@H](O)[C@@H](OC)C(=O)[C@H](C)C[C@H](C)/C=C/C=C/C=C(/C)[C@@H](OCCNc3ccc(S/C(N)=C(\C#N)c4ccccc4C(F)(F)F)cc3)C[C@@H]3CC[C@@H](C)[C@@](O)(O3)C(=O)C(=O)N3CCCC[C@H]3C(=O)O2)CC[C@H]1O. The number of anilines is 1. The number of allylic oxidation sites excluding steroid dienone is 7. The maximum absolute atomic E-state index is 14.6. The Kier molecular flexibility index (Phi) is 27.0. The molecule has 488 valence electrons. The fraction of sp³-hybridized carbons (Fsp3) is 0.588. The Morgan fingerprint density at radius 2 is 1.63 bits per heavy atom. The molecule has 1 aliphatic carbocycles. The van der Waals surface area contributed by atoms with Crippen LogP contribution in [0.25, 0.3) is 5.57 Å². The molecule has 17 nitrogen and oxygen atoms in total. The van der Waals surface area contributed by atoms with Crippen LogP contribution in [0, 0.1) is 46.8 Å². The zero-order chi connectivity index (χ0) is 65.3. The fourth-order valence-corrected chi connectivity index (χ4v) is 13.2. The number of nitrogens with one attached hydrogen (secondary N) is 1. The first-order valence-electron chi connectivity index (χ1n) is 31.0. The number of nitrogens with two attached hydrogens (primary N) is 1. The van der Waals surface area contributed by atoms with Gasteiger partial charge in [-0.05, 0) is 137 Å². The highest BCUT2D eigenvalue weighted by atomic mass is 32.2. The van der Waals surface area contributed by atoms with E-state index < -0.39 is 102 Å². The zero-order valence-corrected chi connectivity index (χ0v) is 53.5. The van der Waals surface area contributed by atoms with Gasteiger partial charge < -0.3 is 55.0 Å². The average Bonchev–Trinajstić information content (AvgIpc) is 2.57. The van der Waals surface area contributed by atoms with Crippen LogP contribution < -0.4 is 11.1 Å². The maximum atomic E-state index is 14.6. The number of cyclic esters (lactones) is 1. The second-order valence-electron chi connectivity index (χ2n) is 24.7. The molecule has 3 aliphatic heterocycles. The van der Waals surface area contributed by atoms with E-state index in [4.69, 9.17) is 29.4 Å². The molecule has 0 radical (unpaired) electrons. The van der Waals surface area contributed by atoms with Crippen LogP contribution in [-0.2, 0) is 53.8 Å². The standard InChI is InChI=1S/C68H91F3N4O13S/c1-40-17-11-10-12-18-41(2)57(86-32-30-74-48-24-27-50(28-25-48)89-64(73)52(39-72)51-19-13-14-20-53(51)68(69,70)71)37-49-26-22-46(7)67(83,88-49)63(80)65(81)75-31-16-15-21-54(75)66(82)87-58(43(4)35-47-23-29-55(76)59(36-47)84-8)38-56(77)42(3)34-45(6)61(79)62(85-9)60(78)44(5)33-40/h10-14,17-20,24-25,27-28,34,40,42-44,46-47,49,54-55,57-59,61-62,74,76,79,83H,15-16,21-23,26,29-33,35-38,73H2,1-9H3/b12-10+,17-11+,41-18-,45-34+,64-52+/t40-,42-,43?,44-,46-,47-,49+,54+,55-,57+,58+,59-,61-,62+,67-/m1/s1. The maximum Gasteiger partial charge on any atom is 0.417 e. The number of nitrogens with zero attached hydrogens (tertiary/aromatic N) is 2. The Morgan fingerprint density at radius 3 is 2.31 bits per heavy atom. The summed E-state index contributed by atoms with van der Waals surface area (Å²) in [4.78, 5) is 73.8.